The van der Waals surface area contributed by atoms with E-state index in [2.05, 4.69) is 10.0 Å². The number of benzene rings is 1. The van der Waals surface area contributed by atoms with Crippen molar-refractivity contribution < 1.29 is 22.7 Å². The van der Waals surface area contributed by atoms with Crippen LogP contribution >= 0.6 is 11.8 Å². The summed E-state index contributed by atoms with van der Waals surface area (Å²) in [5.74, 6) is -0.546. The molecule has 0 aromatic heterocycles. The molecule has 2 rings (SSSR count). The van der Waals surface area contributed by atoms with Crippen molar-refractivity contribution in [3.8, 4) is 0 Å². The highest BCUT2D eigenvalue weighted by Gasteiger charge is 2.28. The monoisotopic (exact) mass is 386 g/mol. The van der Waals surface area contributed by atoms with Crippen molar-refractivity contribution in [1.82, 2.24) is 10.0 Å². The largest absolute Gasteiger partial charge is 0.454 e. The highest BCUT2D eigenvalue weighted by molar-refractivity contribution is 7.98. The quantitative estimate of drug-likeness (QED) is 0.580. The molecule has 1 aromatic carbocycles. The Morgan fingerprint density at radius 2 is 1.96 bits per heavy atom. The maximum absolute atomic E-state index is 12.4. The normalized spacial score (nSPS) is 15.4. The van der Waals surface area contributed by atoms with E-state index in [4.69, 9.17) is 4.74 Å². The van der Waals surface area contributed by atoms with Gasteiger partial charge in [0.25, 0.3) is 5.91 Å². The molecular formula is C16H22N2O5S2. The van der Waals surface area contributed by atoms with E-state index in [-0.39, 0.29) is 23.3 Å². The minimum Gasteiger partial charge on any atom is -0.454 e. The molecule has 0 spiro atoms. The summed E-state index contributed by atoms with van der Waals surface area (Å²) in [5, 5.41) is 2.71. The molecule has 9 heteroatoms. The van der Waals surface area contributed by atoms with Crippen molar-refractivity contribution in [2.45, 2.75) is 36.2 Å². The van der Waals surface area contributed by atoms with Gasteiger partial charge in [-0.1, -0.05) is 18.2 Å². The van der Waals surface area contributed by atoms with E-state index in [0.717, 1.165) is 12.8 Å². The van der Waals surface area contributed by atoms with E-state index in [1.807, 2.05) is 6.26 Å². The summed E-state index contributed by atoms with van der Waals surface area (Å²) in [6.45, 7) is -0.405. The number of carbonyl (C=O) groups excluding carboxylic acids is 2. The van der Waals surface area contributed by atoms with Gasteiger partial charge >= 0.3 is 5.97 Å². The number of hydrogen-bond acceptors (Lipinski definition) is 6. The number of esters is 1. The molecule has 25 heavy (non-hydrogen) atoms. The van der Waals surface area contributed by atoms with Crippen LogP contribution in [0.15, 0.2) is 35.2 Å². The number of rotatable bonds is 10. The van der Waals surface area contributed by atoms with Crippen molar-refractivity contribution >= 4 is 33.7 Å². The van der Waals surface area contributed by atoms with Crippen LogP contribution in [0.25, 0.3) is 0 Å². The third kappa shape index (κ3) is 6.68. The van der Waals surface area contributed by atoms with Gasteiger partial charge < -0.3 is 10.1 Å². The van der Waals surface area contributed by atoms with E-state index < -0.39 is 28.6 Å². The topological polar surface area (TPSA) is 102 Å². The van der Waals surface area contributed by atoms with Gasteiger partial charge in [0.1, 0.15) is 6.04 Å². The third-order valence-electron chi connectivity index (χ3n) is 3.53. The molecule has 0 radical (unpaired) electrons. The lowest BCUT2D eigenvalue weighted by atomic mass is 10.2. The molecule has 1 amide bonds. The van der Waals surface area contributed by atoms with Gasteiger partial charge in [-0.05, 0) is 43.4 Å². The molecule has 1 aliphatic carbocycles. The van der Waals surface area contributed by atoms with Crippen molar-refractivity contribution in [3.63, 3.8) is 0 Å². The molecule has 0 saturated heterocycles. The lowest BCUT2D eigenvalue weighted by molar-refractivity contribution is -0.150. The smallest absolute Gasteiger partial charge is 0.324 e. The van der Waals surface area contributed by atoms with Crippen LogP contribution in [0, 0.1) is 0 Å². The molecule has 0 heterocycles. The Labute approximate surface area is 151 Å². The number of sulfonamides is 1. The van der Waals surface area contributed by atoms with Crippen molar-refractivity contribution in [1.29, 1.82) is 0 Å². The number of hydrogen-bond donors (Lipinski definition) is 2. The Morgan fingerprint density at radius 1 is 1.28 bits per heavy atom. The number of carbonyl (C=O) groups is 2. The Hall–Kier alpha value is -1.58. The molecule has 1 aromatic rings. The van der Waals surface area contributed by atoms with Gasteiger partial charge in [0, 0.05) is 6.04 Å². The average molecular weight is 386 g/mol. The van der Waals surface area contributed by atoms with Crippen molar-refractivity contribution in [2.75, 3.05) is 18.6 Å². The molecule has 1 fully saturated rings. The number of ether oxygens (including phenoxy) is 1. The van der Waals surface area contributed by atoms with Gasteiger partial charge in [-0.25, -0.2) is 8.42 Å². The first kappa shape index (κ1) is 19.7. The fourth-order valence-electron chi connectivity index (χ4n) is 2.05. The Kier molecular flexibility index (Phi) is 7.27. The molecular weight excluding hydrogens is 364 g/mol. The minimum absolute atomic E-state index is 0.0726. The summed E-state index contributed by atoms with van der Waals surface area (Å²) in [5.41, 5.74) is 0. The first-order valence-corrected chi connectivity index (χ1v) is 10.8. The molecule has 0 aliphatic heterocycles. The van der Waals surface area contributed by atoms with Crippen LogP contribution in [0.3, 0.4) is 0 Å². The fraction of sp³-hybridized carbons (Fsp3) is 0.500. The molecule has 1 aliphatic rings. The second-order valence-electron chi connectivity index (χ2n) is 5.72. The first-order valence-electron chi connectivity index (χ1n) is 7.94. The predicted molar refractivity (Wildman–Crippen MR) is 95.7 cm³/mol. The lowest BCUT2D eigenvalue weighted by Gasteiger charge is -2.17. The van der Waals surface area contributed by atoms with Gasteiger partial charge in [0.05, 0.1) is 4.90 Å². The second-order valence-corrected chi connectivity index (χ2v) is 8.42. The average Bonchev–Trinajstić information content (AvgIpc) is 3.41. The second kappa shape index (κ2) is 9.21. The van der Waals surface area contributed by atoms with Gasteiger partial charge in [0.15, 0.2) is 6.61 Å². The lowest BCUT2D eigenvalue weighted by Crippen LogP contribution is -2.43. The van der Waals surface area contributed by atoms with E-state index in [1.54, 1.807) is 18.2 Å². The molecule has 2 N–H and O–H groups in total. The maximum Gasteiger partial charge on any atom is 0.324 e. The van der Waals surface area contributed by atoms with Crippen LogP contribution in [0.2, 0.25) is 0 Å². The summed E-state index contributed by atoms with van der Waals surface area (Å²) >= 11 is 1.49. The van der Waals surface area contributed by atoms with Gasteiger partial charge in [0.2, 0.25) is 10.0 Å². The van der Waals surface area contributed by atoms with Gasteiger partial charge in [-0.15, -0.1) is 0 Å². The number of nitrogens with one attached hydrogen (secondary N) is 2. The maximum atomic E-state index is 12.4. The fourth-order valence-corrected chi connectivity index (χ4v) is 3.76. The highest BCUT2D eigenvalue weighted by Crippen LogP contribution is 2.18. The minimum atomic E-state index is -3.84. The SMILES string of the molecule is CSCC[C@@H](NS(=O)(=O)c1ccccc1)C(=O)OCC(=O)NC1CC1. The van der Waals surface area contributed by atoms with E-state index in [1.165, 1.54) is 23.9 Å². The molecule has 1 atom stereocenters. The summed E-state index contributed by atoms with van der Waals surface area (Å²) in [7, 11) is -3.84. The Bertz CT molecular complexity index is 690. The summed E-state index contributed by atoms with van der Waals surface area (Å²) in [6, 6.07) is 6.95. The van der Waals surface area contributed by atoms with Crippen molar-refractivity contribution in [3.05, 3.63) is 30.3 Å². The van der Waals surface area contributed by atoms with E-state index in [9.17, 15) is 18.0 Å². The molecule has 7 nitrogen and oxygen atoms in total. The van der Waals surface area contributed by atoms with Gasteiger partial charge in [-0.3, -0.25) is 9.59 Å². The van der Waals surface area contributed by atoms with Crippen LogP contribution in [-0.4, -0.2) is 51.0 Å². The first-order chi connectivity index (χ1) is 11.9. The van der Waals surface area contributed by atoms with Crippen LogP contribution < -0.4 is 10.0 Å². The van der Waals surface area contributed by atoms with Crippen LogP contribution in [0.1, 0.15) is 19.3 Å². The summed E-state index contributed by atoms with van der Waals surface area (Å²) < 4.78 is 32.2. The zero-order valence-corrected chi connectivity index (χ0v) is 15.6. The predicted octanol–water partition coefficient (Wildman–Crippen LogP) is 0.908. The zero-order chi connectivity index (χ0) is 18.3. The Balaban J connectivity index is 1.96. The number of amides is 1. The third-order valence-corrected chi connectivity index (χ3v) is 5.67. The highest BCUT2D eigenvalue weighted by atomic mass is 32.2. The van der Waals surface area contributed by atoms with Crippen LogP contribution in [0.4, 0.5) is 0 Å². The molecule has 1 saturated carbocycles. The van der Waals surface area contributed by atoms with Crippen molar-refractivity contribution in [2.24, 2.45) is 0 Å². The zero-order valence-electron chi connectivity index (χ0n) is 13.9. The van der Waals surface area contributed by atoms with E-state index in [0.29, 0.717) is 5.75 Å². The molecule has 0 unspecified atom stereocenters. The van der Waals surface area contributed by atoms with E-state index >= 15 is 0 Å². The Morgan fingerprint density at radius 3 is 2.56 bits per heavy atom. The molecule has 138 valence electrons. The number of thioether (sulfide) groups is 1. The summed E-state index contributed by atoms with van der Waals surface area (Å²) in [4.78, 5) is 23.9. The van der Waals surface area contributed by atoms with Crippen LogP contribution in [-0.2, 0) is 24.3 Å². The molecule has 0 bridgehead atoms. The standard InChI is InChI=1S/C16H22N2O5S2/c1-24-10-9-14(16(20)23-11-15(19)17-12-7-8-12)18-25(21,22)13-5-3-2-4-6-13/h2-6,12,14,18H,7-11H2,1H3,(H,17,19)/t14-/m1/s1. The van der Waals surface area contributed by atoms with Gasteiger partial charge in [-0.2, -0.15) is 16.5 Å². The van der Waals surface area contributed by atoms with Crippen LogP contribution in [0.5, 0.6) is 0 Å². The summed E-state index contributed by atoms with van der Waals surface area (Å²) in [6.07, 6.45) is 4.01.